The molecule has 0 saturated heterocycles. The van der Waals surface area contributed by atoms with Crippen LogP contribution in [-0.4, -0.2) is 20.1 Å². The van der Waals surface area contributed by atoms with Crippen molar-refractivity contribution in [2.75, 3.05) is 5.32 Å². The summed E-state index contributed by atoms with van der Waals surface area (Å²) in [6, 6.07) is 10.5. The lowest BCUT2D eigenvalue weighted by Gasteiger charge is -2.04. The molecular weight excluding hydrogens is 275 g/mol. The van der Waals surface area contributed by atoms with E-state index in [2.05, 4.69) is 10.4 Å². The molecular formula is C14H11FN4O2. The van der Waals surface area contributed by atoms with Crippen LogP contribution in [0.4, 0.5) is 10.1 Å². The highest BCUT2D eigenvalue weighted by molar-refractivity contribution is 5.90. The van der Waals surface area contributed by atoms with Gasteiger partial charge in [-0.1, -0.05) is 6.07 Å². The number of nitrogens with one attached hydrogen (secondary N) is 1. The number of fused-ring (bicyclic) bond motifs is 1. The van der Waals surface area contributed by atoms with E-state index in [1.165, 1.54) is 28.7 Å². The second-order valence-electron chi connectivity index (χ2n) is 4.42. The van der Waals surface area contributed by atoms with Crippen LogP contribution in [0, 0.1) is 5.82 Å². The average Bonchev–Trinajstić information content (AvgIpc) is 2.78. The van der Waals surface area contributed by atoms with E-state index in [0.717, 1.165) is 4.68 Å². The Labute approximate surface area is 118 Å². The fourth-order valence-electron chi connectivity index (χ4n) is 1.94. The van der Waals surface area contributed by atoms with Crippen LogP contribution in [-0.2, 0) is 11.3 Å². The molecule has 7 heteroatoms. The van der Waals surface area contributed by atoms with E-state index in [4.69, 9.17) is 0 Å². The number of carbonyl (C=O) groups excluding carboxylic acids is 1. The number of pyridine rings is 1. The maximum Gasteiger partial charge on any atom is 0.350 e. The van der Waals surface area contributed by atoms with Crippen molar-refractivity contribution in [1.29, 1.82) is 0 Å². The van der Waals surface area contributed by atoms with Gasteiger partial charge in [0, 0.05) is 11.9 Å². The largest absolute Gasteiger partial charge is 0.350 e. The van der Waals surface area contributed by atoms with Gasteiger partial charge in [-0.15, -0.1) is 5.10 Å². The highest BCUT2D eigenvalue weighted by atomic mass is 19.1. The third-order valence-corrected chi connectivity index (χ3v) is 2.91. The SMILES string of the molecule is O=C(Cn1nc2ccccn2c1=O)Nc1ccc(F)cc1. The number of carbonyl (C=O) groups is 1. The fraction of sp³-hybridized carbons (Fsp3) is 0.0714. The van der Waals surface area contributed by atoms with Gasteiger partial charge >= 0.3 is 5.69 Å². The summed E-state index contributed by atoms with van der Waals surface area (Å²) in [5, 5.41) is 6.63. The smallest absolute Gasteiger partial charge is 0.324 e. The van der Waals surface area contributed by atoms with Gasteiger partial charge in [-0.25, -0.2) is 13.9 Å². The number of hydrogen-bond donors (Lipinski definition) is 1. The minimum absolute atomic E-state index is 0.210. The van der Waals surface area contributed by atoms with Gasteiger partial charge in [-0.2, -0.15) is 0 Å². The van der Waals surface area contributed by atoms with Crippen molar-refractivity contribution in [3.8, 4) is 0 Å². The van der Waals surface area contributed by atoms with Crippen LogP contribution < -0.4 is 11.0 Å². The van der Waals surface area contributed by atoms with E-state index in [9.17, 15) is 14.0 Å². The highest BCUT2D eigenvalue weighted by Gasteiger charge is 2.10. The first-order chi connectivity index (χ1) is 10.1. The number of hydrogen-bond acceptors (Lipinski definition) is 3. The average molecular weight is 286 g/mol. The Morgan fingerprint density at radius 3 is 2.67 bits per heavy atom. The van der Waals surface area contributed by atoms with Gasteiger partial charge in [0.1, 0.15) is 12.4 Å². The summed E-state index contributed by atoms with van der Waals surface area (Å²) in [6.45, 7) is -0.210. The summed E-state index contributed by atoms with van der Waals surface area (Å²) in [5.41, 5.74) is 0.537. The van der Waals surface area contributed by atoms with Gasteiger partial charge in [0.2, 0.25) is 5.91 Å². The zero-order chi connectivity index (χ0) is 14.8. The lowest BCUT2D eigenvalue weighted by Crippen LogP contribution is -2.28. The van der Waals surface area contributed by atoms with Gasteiger partial charge < -0.3 is 5.32 Å². The van der Waals surface area contributed by atoms with E-state index < -0.39 is 5.91 Å². The number of nitrogens with zero attached hydrogens (tertiary/aromatic N) is 3. The molecule has 1 aromatic carbocycles. The van der Waals surface area contributed by atoms with Gasteiger partial charge in [-0.3, -0.25) is 9.20 Å². The van der Waals surface area contributed by atoms with E-state index >= 15 is 0 Å². The Morgan fingerprint density at radius 2 is 1.95 bits per heavy atom. The second-order valence-corrected chi connectivity index (χ2v) is 4.42. The van der Waals surface area contributed by atoms with Crippen LogP contribution in [0.5, 0.6) is 0 Å². The van der Waals surface area contributed by atoms with Crippen molar-refractivity contribution >= 4 is 17.2 Å². The Morgan fingerprint density at radius 1 is 1.19 bits per heavy atom. The molecule has 0 spiro atoms. The predicted molar refractivity (Wildman–Crippen MR) is 74.5 cm³/mol. The molecule has 0 unspecified atom stereocenters. The zero-order valence-electron chi connectivity index (χ0n) is 10.9. The van der Waals surface area contributed by atoms with Crippen molar-refractivity contribution in [2.45, 2.75) is 6.54 Å². The van der Waals surface area contributed by atoms with Crippen LogP contribution in [0.1, 0.15) is 0 Å². The molecule has 0 radical (unpaired) electrons. The number of amides is 1. The van der Waals surface area contributed by atoms with Gasteiger partial charge in [-0.05, 0) is 36.4 Å². The monoisotopic (exact) mass is 286 g/mol. The Bertz CT molecular complexity index is 851. The maximum absolute atomic E-state index is 12.8. The summed E-state index contributed by atoms with van der Waals surface area (Å²) in [5.74, 6) is -0.795. The van der Waals surface area contributed by atoms with Crippen LogP contribution in [0.15, 0.2) is 53.5 Å². The summed E-state index contributed by atoms with van der Waals surface area (Å²) < 4.78 is 15.2. The van der Waals surface area contributed by atoms with E-state index in [-0.39, 0.29) is 18.1 Å². The topological polar surface area (TPSA) is 68.4 Å². The normalized spacial score (nSPS) is 10.7. The minimum atomic E-state index is -0.410. The summed E-state index contributed by atoms with van der Waals surface area (Å²) in [7, 11) is 0. The third-order valence-electron chi connectivity index (χ3n) is 2.91. The molecule has 2 aromatic heterocycles. The Hall–Kier alpha value is -2.96. The number of halogens is 1. The quantitative estimate of drug-likeness (QED) is 0.788. The van der Waals surface area contributed by atoms with Crippen LogP contribution in [0.2, 0.25) is 0 Å². The van der Waals surface area contributed by atoms with Crippen molar-refractivity contribution in [1.82, 2.24) is 14.2 Å². The van der Waals surface area contributed by atoms with Crippen molar-refractivity contribution < 1.29 is 9.18 Å². The first-order valence-corrected chi connectivity index (χ1v) is 6.23. The molecule has 21 heavy (non-hydrogen) atoms. The molecule has 1 amide bonds. The minimum Gasteiger partial charge on any atom is -0.324 e. The second kappa shape index (κ2) is 5.20. The molecule has 1 N–H and O–H groups in total. The molecule has 0 aliphatic carbocycles. The number of aromatic nitrogens is 3. The zero-order valence-corrected chi connectivity index (χ0v) is 10.9. The molecule has 3 rings (SSSR count). The van der Waals surface area contributed by atoms with Gasteiger partial charge in [0.05, 0.1) is 0 Å². The van der Waals surface area contributed by atoms with Crippen molar-refractivity contribution in [3.63, 3.8) is 0 Å². The molecule has 0 aliphatic heterocycles. The van der Waals surface area contributed by atoms with Gasteiger partial charge in [0.15, 0.2) is 5.65 Å². The highest BCUT2D eigenvalue weighted by Crippen LogP contribution is 2.08. The standard InChI is InChI=1S/C14H11FN4O2/c15-10-4-6-11(7-5-10)16-13(20)9-19-14(21)18-8-2-1-3-12(18)17-19/h1-8H,9H2,(H,16,20). The first-order valence-electron chi connectivity index (χ1n) is 6.23. The summed E-state index contributed by atoms with van der Waals surface area (Å²) in [6.07, 6.45) is 1.58. The summed E-state index contributed by atoms with van der Waals surface area (Å²) >= 11 is 0. The van der Waals surface area contributed by atoms with Crippen molar-refractivity contribution in [2.24, 2.45) is 0 Å². The van der Waals surface area contributed by atoms with E-state index in [1.54, 1.807) is 24.4 Å². The molecule has 3 aromatic rings. The summed E-state index contributed by atoms with van der Waals surface area (Å²) in [4.78, 5) is 23.9. The van der Waals surface area contributed by atoms with E-state index in [0.29, 0.717) is 11.3 Å². The lowest BCUT2D eigenvalue weighted by atomic mass is 10.3. The van der Waals surface area contributed by atoms with Crippen molar-refractivity contribution in [3.05, 3.63) is 65.0 Å². The van der Waals surface area contributed by atoms with Gasteiger partial charge in [0.25, 0.3) is 0 Å². The number of rotatable bonds is 3. The molecule has 106 valence electrons. The molecule has 0 aliphatic rings. The Balaban J connectivity index is 1.78. The molecule has 0 fully saturated rings. The molecule has 0 saturated carbocycles. The third kappa shape index (κ3) is 2.66. The fourth-order valence-corrected chi connectivity index (χ4v) is 1.94. The number of benzene rings is 1. The molecule has 0 atom stereocenters. The molecule has 0 bridgehead atoms. The predicted octanol–water partition coefficient (Wildman–Crippen LogP) is 1.27. The lowest BCUT2D eigenvalue weighted by molar-refractivity contribution is -0.117. The van der Waals surface area contributed by atoms with E-state index in [1.807, 2.05) is 0 Å². The molecule has 6 nitrogen and oxygen atoms in total. The van der Waals surface area contributed by atoms with Crippen LogP contribution >= 0.6 is 0 Å². The number of anilines is 1. The van der Waals surface area contributed by atoms with Crippen LogP contribution in [0.3, 0.4) is 0 Å². The first kappa shape index (κ1) is 13.0. The molecule has 2 heterocycles. The maximum atomic E-state index is 12.8. The Kier molecular flexibility index (Phi) is 3.23. The van der Waals surface area contributed by atoms with Crippen LogP contribution in [0.25, 0.3) is 5.65 Å².